The number of hydrogen-bond donors (Lipinski definition) is 0. The highest BCUT2D eigenvalue weighted by molar-refractivity contribution is 5.64. The summed E-state index contributed by atoms with van der Waals surface area (Å²) in [5.74, 6) is 0. The Morgan fingerprint density at radius 2 is 1.31 bits per heavy atom. The molecule has 0 radical (unpaired) electrons. The first kappa shape index (κ1) is 15.2. The largest absolute Gasteiger partial charge is 0.299 e. The van der Waals surface area contributed by atoms with Gasteiger partial charge in [-0.2, -0.15) is 0 Å². The van der Waals surface area contributed by atoms with Crippen LogP contribution in [0.4, 0.5) is 0 Å². The van der Waals surface area contributed by atoms with E-state index in [1.54, 1.807) is 6.08 Å². The SMILES string of the molecule is CCCCCC=CCCCCCC=CC=O. The molecule has 1 nitrogen and oxygen atoms in total. The van der Waals surface area contributed by atoms with E-state index in [0.717, 1.165) is 12.7 Å². The van der Waals surface area contributed by atoms with Crippen LogP contribution in [0.1, 0.15) is 64.7 Å². The van der Waals surface area contributed by atoms with Crippen molar-refractivity contribution in [2.24, 2.45) is 0 Å². The predicted octanol–water partition coefficient (Wildman–Crippen LogP) is 4.83. The Bertz CT molecular complexity index is 192. The summed E-state index contributed by atoms with van der Waals surface area (Å²) >= 11 is 0. The number of rotatable bonds is 11. The van der Waals surface area contributed by atoms with Crippen LogP contribution in [0.5, 0.6) is 0 Å². The van der Waals surface area contributed by atoms with Crippen LogP contribution in [0.15, 0.2) is 24.3 Å². The van der Waals surface area contributed by atoms with Gasteiger partial charge in [0.25, 0.3) is 0 Å². The molecule has 16 heavy (non-hydrogen) atoms. The number of carbonyl (C=O) groups excluding carboxylic acids is 1. The van der Waals surface area contributed by atoms with E-state index in [4.69, 9.17) is 0 Å². The Hall–Kier alpha value is -0.850. The van der Waals surface area contributed by atoms with Crippen LogP contribution in [0.2, 0.25) is 0 Å². The minimum atomic E-state index is 0.846. The number of hydrogen-bond acceptors (Lipinski definition) is 1. The lowest BCUT2D eigenvalue weighted by molar-refractivity contribution is -0.104. The summed E-state index contributed by atoms with van der Waals surface area (Å²) in [5, 5.41) is 0. The summed E-state index contributed by atoms with van der Waals surface area (Å²) in [5.41, 5.74) is 0. The quantitative estimate of drug-likeness (QED) is 0.212. The summed E-state index contributed by atoms with van der Waals surface area (Å²) in [4.78, 5) is 9.99. The number of aldehydes is 1. The minimum absolute atomic E-state index is 0.846. The van der Waals surface area contributed by atoms with Crippen molar-refractivity contribution in [3.63, 3.8) is 0 Å². The van der Waals surface area contributed by atoms with Gasteiger partial charge in [0.2, 0.25) is 0 Å². The van der Waals surface area contributed by atoms with Crippen LogP contribution in [-0.4, -0.2) is 6.29 Å². The lowest BCUT2D eigenvalue weighted by atomic mass is 10.1. The van der Waals surface area contributed by atoms with Crippen molar-refractivity contribution in [1.82, 2.24) is 0 Å². The van der Waals surface area contributed by atoms with E-state index in [-0.39, 0.29) is 0 Å². The second-order valence-corrected chi connectivity index (χ2v) is 4.17. The van der Waals surface area contributed by atoms with Crippen LogP contribution >= 0.6 is 0 Å². The van der Waals surface area contributed by atoms with Gasteiger partial charge in [0, 0.05) is 0 Å². The zero-order chi connectivity index (χ0) is 11.9. The molecule has 0 amide bonds. The molecule has 0 saturated heterocycles. The van der Waals surface area contributed by atoms with Gasteiger partial charge in [0.15, 0.2) is 0 Å². The topological polar surface area (TPSA) is 17.1 Å². The molecule has 1 heteroatoms. The van der Waals surface area contributed by atoms with Crippen LogP contribution in [-0.2, 0) is 4.79 Å². The van der Waals surface area contributed by atoms with Crippen molar-refractivity contribution in [3.05, 3.63) is 24.3 Å². The third kappa shape index (κ3) is 13.2. The van der Waals surface area contributed by atoms with Crippen LogP contribution in [0.3, 0.4) is 0 Å². The summed E-state index contributed by atoms with van der Waals surface area (Å²) in [6.45, 7) is 2.24. The molecule has 0 spiro atoms. The van der Waals surface area contributed by atoms with E-state index in [1.165, 1.54) is 51.4 Å². The molecule has 0 unspecified atom stereocenters. The molecule has 92 valence electrons. The zero-order valence-electron chi connectivity index (χ0n) is 10.7. The predicted molar refractivity (Wildman–Crippen MR) is 71.6 cm³/mol. The van der Waals surface area contributed by atoms with Crippen molar-refractivity contribution in [1.29, 1.82) is 0 Å². The summed E-state index contributed by atoms with van der Waals surface area (Å²) in [6, 6.07) is 0. The Labute approximate surface area is 101 Å². The molecule has 0 aromatic rings. The van der Waals surface area contributed by atoms with E-state index < -0.39 is 0 Å². The van der Waals surface area contributed by atoms with Crippen molar-refractivity contribution < 1.29 is 4.79 Å². The van der Waals surface area contributed by atoms with Gasteiger partial charge in [-0.1, -0.05) is 44.4 Å². The smallest absolute Gasteiger partial charge is 0.142 e. The zero-order valence-corrected chi connectivity index (χ0v) is 10.7. The van der Waals surface area contributed by atoms with E-state index in [1.807, 2.05) is 6.08 Å². The van der Waals surface area contributed by atoms with Gasteiger partial charge in [0.1, 0.15) is 6.29 Å². The lowest BCUT2D eigenvalue weighted by Crippen LogP contribution is -1.76. The third-order valence-corrected chi connectivity index (χ3v) is 2.60. The number of carbonyl (C=O) groups is 1. The molecule has 0 aliphatic rings. The molecule has 0 aliphatic carbocycles. The number of allylic oxidation sites excluding steroid dienone is 4. The van der Waals surface area contributed by atoms with Crippen molar-refractivity contribution >= 4 is 6.29 Å². The van der Waals surface area contributed by atoms with Gasteiger partial charge in [-0.05, 0) is 44.6 Å². The highest BCUT2D eigenvalue weighted by Crippen LogP contribution is 2.05. The Kier molecular flexibility index (Phi) is 13.4. The normalized spacial score (nSPS) is 11.6. The van der Waals surface area contributed by atoms with E-state index in [9.17, 15) is 4.79 Å². The maximum Gasteiger partial charge on any atom is 0.142 e. The molecule has 0 bridgehead atoms. The maximum atomic E-state index is 9.99. The molecule has 0 N–H and O–H groups in total. The van der Waals surface area contributed by atoms with E-state index in [0.29, 0.717) is 0 Å². The van der Waals surface area contributed by atoms with E-state index in [2.05, 4.69) is 19.1 Å². The summed E-state index contributed by atoms with van der Waals surface area (Å²) in [7, 11) is 0. The summed E-state index contributed by atoms with van der Waals surface area (Å²) < 4.78 is 0. The highest BCUT2D eigenvalue weighted by atomic mass is 16.1. The van der Waals surface area contributed by atoms with Gasteiger partial charge in [-0.15, -0.1) is 0 Å². The lowest BCUT2D eigenvalue weighted by Gasteiger charge is -1.95. The standard InChI is InChI=1S/C15H26O/c1-2-3-4-5-6-7-8-9-10-11-12-13-14-15-16/h6-7,13-15H,2-5,8-12H2,1H3. The highest BCUT2D eigenvalue weighted by Gasteiger charge is 1.86. The van der Waals surface area contributed by atoms with Gasteiger partial charge in [0.05, 0.1) is 0 Å². The monoisotopic (exact) mass is 222 g/mol. The Morgan fingerprint density at radius 3 is 1.88 bits per heavy atom. The average molecular weight is 222 g/mol. The molecule has 0 atom stereocenters. The van der Waals surface area contributed by atoms with Crippen LogP contribution < -0.4 is 0 Å². The second-order valence-electron chi connectivity index (χ2n) is 4.17. The first-order valence-corrected chi connectivity index (χ1v) is 6.67. The third-order valence-electron chi connectivity index (χ3n) is 2.60. The number of unbranched alkanes of at least 4 members (excludes halogenated alkanes) is 7. The molecular formula is C15H26O. The molecule has 0 rings (SSSR count). The molecule has 0 aromatic heterocycles. The van der Waals surface area contributed by atoms with Gasteiger partial charge in [-0.25, -0.2) is 0 Å². The molecule has 0 saturated carbocycles. The fraction of sp³-hybridized carbons (Fsp3) is 0.667. The molecule has 0 fully saturated rings. The maximum absolute atomic E-state index is 9.99. The minimum Gasteiger partial charge on any atom is -0.299 e. The van der Waals surface area contributed by atoms with Crippen LogP contribution in [0, 0.1) is 0 Å². The molecule has 0 aliphatic heterocycles. The second kappa shape index (κ2) is 14.2. The fourth-order valence-electron chi connectivity index (χ4n) is 1.60. The first-order chi connectivity index (χ1) is 7.91. The van der Waals surface area contributed by atoms with Crippen molar-refractivity contribution in [3.8, 4) is 0 Å². The van der Waals surface area contributed by atoms with E-state index >= 15 is 0 Å². The van der Waals surface area contributed by atoms with Gasteiger partial charge >= 0.3 is 0 Å². The first-order valence-electron chi connectivity index (χ1n) is 6.67. The fourth-order valence-corrected chi connectivity index (χ4v) is 1.60. The Morgan fingerprint density at radius 1 is 0.750 bits per heavy atom. The van der Waals surface area contributed by atoms with Crippen LogP contribution in [0.25, 0.3) is 0 Å². The Balaban J connectivity index is 3.08. The summed E-state index contributed by atoms with van der Waals surface area (Å²) in [6.07, 6.45) is 20.3. The van der Waals surface area contributed by atoms with Gasteiger partial charge < -0.3 is 0 Å². The average Bonchev–Trinajstić information content (AvgIpc) is 2.31. The molecular weight excluding hydrogens is 196 g/mol. The molecule has 0 heterocycles. The molecule has 0 aromatic carbocycles. The van der Waals surface area contributed by atoms with Crippen molar-refractivity contribution in [2.45, 2.75) is 64.7 Å². The van der Waals surface area contributed by atoms with Crippen molar-refractivity contribution in [2.75, 3.05) is 0 Å². The van der Waals surface area contributed by atoms with Gasteiger partial charge in [-0.3, -0.25) is 4.79 Å².